The van der Waals surface area contributed by atoms with Crippen molar-refractivity contribution >= 4 is 21.8 Å². The van der Waals surface area contributed by atoms with Crippen LogP contribution in [0.5, 0.6) is 0 Å². The number of imidazole rings is 1. The van der Waals surface area contributed by atoms with Gasteiger partial charge < -0.3 is 0 Å². The minimum Gasteiger partial charge on any atom is -0.296 e. The van der Waals surface area contributed by atoms with E-state index in [1.807, 2.05) is 42.5 Å². The zero-order valence-corrected chi connectivity index (χ0v) is 24.9. The number of para-hydroxylation sites is 2. The van der Waals surface area contributed by atoms with Crippen molar-refractivity contribution < 1.29 is 0 Å². The molecular weight excluding hydrogens is 548 g/mol. The number of benzene rings is 6. The molecular formula is C41H30N4. The molecule has 45 heavy (non-hydrogen) atoms. The Kier molecular flexibility index (Phi) is 6.73. The van der Waals surface area contributed by atoms with Crippen LogP contribution in [0.3, 0.4) is 0 Å². The average molecular weight is 579 g/mol. The molecule has 0 aliphatic heterocycles. The Bertz CT molecular complexity index is 2230. The topological polar surface area (TPSA) is 43.6 Å². The summed E-state index contributed by atoms with van der Waals surface area (Å²) in [7, 11) is 0. The molecule has 0 saturated carbocycles. The molecule has 0 saturated heterocycles. The van der Waals surface area contributed by atoms with Gasteiger partial charge in [-0.2, -0.15) is 0 Å². The third-order valence-electron chi connectivity index (χ3n) is 8.41. The molecule has 2 aromatic heterocycles. The quantitative estimate of drug-likeness (QED) is 0.197. The monoisotopic (exact) mass is 578 g/mol. The number of aromatic nitrogens is 4. The van der Waals surface area contributed by atoms with Crippen molar-refractivity contribution in [1.82, 2.24) is 19.5 Å². The Morgan fingerprint density at radius 3 is 1.82 bits per heavy atom. The van der Waals surface area contributed by atoms with E-state index in [0.29, 0.717) is 5.82 Å². The molecule has 0 bridgehead atoms. The molecule has 214 valence electrons. The second kappa shape index (κ2) is 11.3. The molecule has 0 aliphatic carbocycles. The van der Waals surface area contributed by atoms with Gasteiger partial charge in [-0.1, -0.05) is 128 Å². The largest absolute Gasteiger partial charge is 0.296 e. The highest BCUT2D eigenvalue weighted by Crippen LogP contribution is 2.37. The van der Waals surface area contributed by atoms with Gasteiger partial charge in [-0.3, -0.25) is 4.57 Å². The van der Waals surface area contributed by atoms with Crippen LogP contribution in [0.4, 0.5) is 0 Å². The molecule has 4 heteroatoms. The number of nitrogens with zero attached hydrogens (tertiary/aromatic N) is 4. The third kappa shape index (κ3) is 4.87. The molecule has 2 heterocycles. The van der Waals surface area contributed by atoms with Crippen LogP contribution in [0.2, 0.25) is 0 Å². The standard InChI is InChI=1S/C41H30N4/c1-2-40-42-36-19-11-12-20-39(36)45(40)31-23-21-28(22-24-31)32-25-26-35(34-18-10-9-17-33(32)34)38-27-37(29-13-5-3-6-14-29)43-41(44-38)30-15-7-4-8-16-30/h3-27H,2H2,1H3. The summed E-state index contributed by atoms with van der Waals surface area (Å²) in [5.41, 5.74) is 10.6. The Hall–Kier alpha value is -5.87. The average Bonchev–Trinajstić information content (AvgIpc) is 3.51. The molecule has 0 N–H and O–H groups in total. The fourth-order valence-corrected chi connectivity index (χ4v) is 6.22. The summed E-state index contributed by atoms with van der Waals surface area (Å²) in [6.45, 7) is 2.16. The molecule has 8 rings (SSSR count). The lowest BCUT2D eigenvalue weighted by Gasteiger charge is -2.14. The smallest absolute Gasteiger partial charge is 0.160 e. The lowest BCUT2D eigenvalue weighted by atomic mass is 9.93. The maximum Gasteiger partial charge on any atom is 0.160 e. The second-order valence-corrected chi connectivity index (χ2v) is 11.2. The minimum atomic E-state index is 0.717. The van der Waals surface area contributed by atoms with Gasteiger partial charge in [0, 0.05) is 28.8 Å². The van der Waals surface area contributed by atoms with Crippen molar-refractivity contribution in [3.8, 4) is 50.7 Å². The first-order valence-corrected chi connectivity index (χ1v) is 15.4. The maximum absolute atomic E-state index is 5.11. The van der Waals surface area contributed by atoms with E-state index in [-0.39, 0.29) is 0 Å². The van der Waals surface area contributed by atoms with Crippen LogP contribution in [0.1, 0.15) is 12.7 Å². The summed E-state index contributed by atoms with van der Waals surface area (Å²) in [5.74, 6) is 1.78. The van der Waals surface area contributed by atoms with Gasteiger partial charge in [0.05, 0.1) is 22.4 Å². The van der Waals surface area contributed by atoms with Crippen molar-refractivity contribution in [2.24, 2.45) is 0 Å². The minimum absolute atomic E-state index is 0.717. The molecule has 0 atom stereocenters. The van der Waals surface area contributed by atoms with Gasteiger partial charge in [0.1, 0.15) is 5.82 Å². The lowest BCUT2D eigenvalue weighted by molar-refractivity contribution is 0.908. The molecule has 0 spiro atoms. The highest BCUT2D eigenvalue weighted by atomic mass is 15.1. The Labute approximate surface area is 262 Å². The van der Waals surface area contributed by atoms with E-state index in [1.54, 1.807) is 0 Å². The van der Waals surface area contributed by atoms with E-state index in [0.717, 1.165) is 62.4 Å². The van der Waals surface area contributed by atoms with E-state index in [2.05, 4.69) is 121 Å². The Morgan fingerprint density at radius 1 is 0.489 bits per heavy atom. The second-order valence-electron chi connectivity index (χ2n) is 11.2. The normalized spacial score (nSPS) is 11.3. The van der Waals surface area contributed by atoms with Crippen molar-refractivity contribution in [3.63, 3.8) is 0 Å². The highest BCUT2D eigenvalue weighted by Gasteiger charge is 2.15. The number of rotatable bonds is 6. The zero-order chi connectivity index (χ0) is 30.2. The molecule has 0 aliphatic rings. The number of hydrogen-bond donors (Lipinski definition) is 0. The molecule has 8 aromatic rings. The van der Waals surface area contributed by atoms with Crippen molar-refractivity contribution in [1.29, 1.82) is 0 Å². The summed E-state index contributed by atoms with van der Waals surface area (Å²) >= 11 is 0. The van der Waals surface area contributed by atoms with Crippen molar-refractivity contribution in [3.05, 3.63) is 157 Å². The van der Waals surface area contributed by atoms with Crippen LogP contribution < -0.4 is 0 Å². The van der Waals surface area contributed by atoms with Crippen LogP contribution in [-0.4, -0.2) is 19.5 Å². The van der Waals surface area contributed by atoms with Gasteiger partial charge >= 0.3 is 0 Å². The fraction of sp³-hybridized carbons (Fsp3) is 0.0488. The van der Waals surface area contributed by atoms with E-state index in [9.17, 15) is 0 Å². The number of aryl methyl sites for hydroxylation is 1. The van der Waals surface area contributed by atoms with Crippen LogP contribution in [0.15, 0.2) is 152 Å². The third-order valence-corrected chi connectivity index (χ3v) is 8.41. The van der Waals surface area contributed by atoms with E-state index in [1.165, 1.54) is 16.5 Å². The Balaban J connectivity index is 1.25. The maximum atomic E-state index is 5.11. The van der Waals surface area contributed by atoms with Gasteiger partial charge in [-0.25, -0.2) is 15.0 Å². The summed E-state index contributed by atoms with van der Waals surface area (Å²) in [6, 6.07) is 52.9. The molecule has 0 unspecified atom stereocenters. The predicted octanol–water partition coefficient (Wildman–Crippen LogP) is 10.2. The first-order valence-electron chi connectivity index (χ1n) is 15.4. The van der Waals surface area contributed by atoms with Gasteiger partial charge in [0.15, 0.2) is 5.82 Å². The van der Waals surface area contributed by atoms with Crippen LogP contribution in [0, 0.1) is 0 Å². The molecule has 4 nitrogen and oxygen atoms in total. The number of fused-ring (bicyclic) bond motifs is 2. The predicted molar refractivity (Wildman–Crippen MR) is 185 cm³/mol. The molecule has 6 aromatic carbocycles. The van der Waals surface area contributed by atoms with Gasteiger partial charge in [0.2, 0.25) is 0 Å². The van der Waals surface area contributed by atoms with Gasteiger partial charge in [-0.15, -0.1) is 0 Å². The molecule has 0 fully saturated rings. The van der Waals surface area contributed by atoms with Gasteiger partial charge in [0.25, 0.3) is 0 Å². The molecule has 0 amide bonds. The summed E-state index contributed by atoms with van der Waals surface area (Å²) in [5, 5.41) is 2.34. The van der Waals surface area contributed by atoms with Crippen molar-refractivity contribution in [2.75, 3.05) is 0 Å². The fourth-order valence-electron chi connectivity index (χ4n) is 6.22. The number of hydrogen-bond acceptors (Lipinski definition) is 3. The van der Waals surface area contributed by atoms with E-state index in [4.69, 9.17) is 15.0 Å². The summed E-state index contributed by atoms with van der Waals surface area (Å²) < 4.78 is 2.27. The zero-order valence-electron chi connectivity index (χ0n) is 24.9. The first kappa shape index (κ1) is 26.7. The lowest BCUT2D eigenvalue weighted by Crippen LogP contribution is -2.00. The van der Waals surface area contributed by atoms with Crippen molar-refractivity contribution in [2.45, 2.75) is 13.3 Å². The first-order chi connectivity index (χ1) is 22.3. The SMILES string of the molecule is CCc1nc2ccccc2n1-c1ccc(-c2ccc(-c3cc(-c4ccccc4)nc(-c4ccccc4)n3)c3ccccc23)cc1. The molecule has 0 radical (unpaired) electrons. The van der Waals surface area contributed by atoms with Crippen LogP contribution in [0.25, 0.3) is 72.5 Å². The highest BCUT2D eigenvalue weighted by molar-refractivity contribution is 6.04. The van der Waals surface area contributed by atoms with E-state index >= 15 is 0 Å². The van der Waals surface area contributed by atoms with E-state index < -0.39 is 0 Å². The summed E-state index contributed by atoms with van der Waals surface area (Å²) in [6.07, 6.45) is 0.865. The van der Waals surface area contributed by atoms with Gasteiger partial charge in [-0.05, 0) is 52.2 Å². The van der Waals surface area contributed by atoms with Crippen LogP contribution in [-0.2, 0) is 6.42 Å². The summed E-state index contributed by atoms with van der Waals surface area (Å²) in [4.78, 5) is 15.0. The Morgan fingerprint density at radius 2 is 1.09 bits per heavy atom. The van der Waals surface area contributed by atoms with Crippen LogP contribution >= 0.6 is 0 Å².